The van der Waals surface area contributed by atoms with Crippen LogP contribution in [0.4, 0.5) is 0 Å². The third-order valence-electron chi connectivity index (χ3n) is 2.88. The maximum atomic E-state index is 5.58. The summed E-state index contributed by atoms with van der Waals surface area (Å²) in [5.74, 6) is 2.76. The topological polar surface area (TPSA) is 43.6 Å². The van der Waals surface area contributed by atoms with E-state index in [9.17, 15) is 0 Å². The molecule has 4 nitrogen and oxygen atoms in total. The molecule has 0 aliphatic heterocycles. The van der Waals surface area contributed by atoms with Gasteiger partial charge in [0.2, 0.25) is 0 Å². The summed E-state index contributed by atoms with van der Waals surface area (Å²) < 4.78 is 16.1. The van der Waals surface area contributed by atoms with E-state index in [2.05, 4.69) is 11.4 Å². The highest BCUT2D eigenvalue weighted by Gasteiger charge is 2.00. The molecule has 0 saturated carbocycles. The van der Waals surface area contributed by atoms with Gasteiger partial charge >= 0.3 is 0 Å². The van der Waals surface area contributed by atoms with Crippen LogP contribution in [-0.4, -0.2) is 20.3 Å². The summed E-state index contributed by atoms with van der Waals surface area (Å²) in [4.78, 5) is 0. The fraction of sp³-hybridized carbons (Fsp3) is 0.375. The second-order valence-corrected chi connectivity index (χ2v) is 4.60. The van der Waals surface area contributed by atoms with E-state index in [1.165, 1.54) is 5.56 Å². The molecule has 0 spiro atoms. The summed E-state index contributed by atoms with van der Waals surface area (Å²) in [6.45, 7) is 4.62. The fourth-order valence-electron chi connectivity index (χ4n) is 1.90. The van der Waals surface area contributed by atoms with E-state index >= 15 is 0 Å². The van der Waals surface area contributed by atoms with E-state index in [1.54, 1.807) is 7.11 Å². The summed E-state index contributed by atoms with van der Waals surface area (Å²) >= 11 is 0. The van der Waals surface area contributed by atoms with Crippen molar-refractivity contribution >= 4 is 0 Å². The number of methoxy groups -OCH3 is 1. The predicted molar refractivity (Wildman–Crippen MR) is 77.8 cm³/mol. The number of ether oxygens (including phenoxy) is 2. The van der Waals surface area contributed by atoms with Gasteiger partial charge < -0.3 is 19.2 Å². The zero-order chi connectivity index (χ0) is 14.2. The first kappa shape index (κ1) is 14.6. The third kappa shape index (κ3) is 4.72. The van der Waals surface area contributed by atoms with Gasteiger partial charge in [-0.2, -0.15) is 0 Å². The molecule has 0 saturated heterocycles. The summed E-state index contributed by atoms with van der Waals surface area (Å²) in [6, 6.07) is 12.0. The lowest BCUT2D eigenvalue weighted by Crippen LogP contribution is -2.12. The summed E-state index contributed by atoms with van der Waals surface area (Å²) in [7, 11) is 1.67. The maximum Gasteiger partial charge on any atom is 0.119 e. The second kappa shape index (κ2) is 7.72. The SMILES string of the molecule is COCCOc1cccc(CNCc2ccc(C)o2)c1. The Morgan fingerprint density at radius 2 is 2.00 bits per heavy atom. The molecule has 0 aliphatic rings. The second-order valence-electron chi connectivity index (χ2n) is 4.60. The van der Waals surface area contributed by atoms with E-state index in [1.807, 2.05) is 37.3 Å². The lowest BCUT2D eigenvalue weighted by molar-refractivity contribution is 0.146. The molecule has 0 bridgehead atoms. The number of hydrogen-bond acceptors (Lipinski definition) is 4. The van der Waals surface area contributed by atoms with Crippen LogP contribution in [0.2, 0.25) is 0 Å². The van der Waals surface area contributed by atoms with Gasteiger partial charge in [0.25, 0.3) is 0 Å². The lowest BCUT2D eigenvalue weighted by Gasteiger charge is -2.08. The van der Waals surface area contributed by atoms with Gasteiger partial charge in [-0.3, -0.25) is 0 Å². The Labute approximate surface area is 119 Å². The van der Waals surface area contributed by atoms with Crippen molar-refractivity contribution in [3.8, 4) is 5.75 Å². The first-order chi connectivity index (χ1) is 9.78. The highest BCUT2D eigenvalue weighted by Crippen LogP contribution is 2.13. The zero-order valence-corrected chi connectivity index (χ0v) is 12.0. The van der Waals surface area contributed by atoms with Crippen LogP contribution in [0.5, 0.6) is 5.75 Å². The molecule has 108 valence electrons. The molecular formula is C16H21NO3. The molecule has 0 radical (unpaired) electrons. The first-order valence-corrected chi connectivity index (χ1v) is 6.74. The number of nitrogens with one attached hydrogen (secondary N) is 1. The number of benzene rings is 1. The Bertz CT molecular complexity index is 522. The van der Waals surface area contributed by atoms with Gasteiger partial charge in [0, 0.05) is 13.7 Å². The number of hydrogen-bond donors (Lipinski definition) is 1. The third-order valence-corrected chi connectivity index (χ3v) is 2.88. The average molecular weight is 275 g/mol. The largest absolute Gasteiger partial charge is 0.491 e. The Morgan fingerprint density at radius 1 is 1.10 bits per heavy atom. The standard InChI is InChI=1S/C16H21NO3/c1-13-6-7-16(20-13)12-17-11-14-4-3-5-15(10-14)19-9-8-18-2/h3-7,10,17H,8-9,11-12H2,1-2H3. The smallest absolute Gasteiger partial charge is 0.119 e. The molecule has 20 heavy (non-hydrogen) atoms. The van der Waals surface area contributed by atoms with Crippen LogP contribution in [0.1, 0.15) is 17.1 Å². The molecule has 1 heterocycles. The van der Waals surface area contributed by atoms with Crippen molar-refractivity contribution in [3.63, 3.8) is 0 Å². The quantitative estimate of drug-likeness (QED) is 0.752. The van der Waals surface area contributed by atoms with E-state index in [-0.39, 0.29) is 0 Å². The molecule has 0 aliphatic carbocycles. The monoisotopic (exact) mass is 275 g/mol. The Morgan fingerprint density at radius 3 is 2.75 bits per heavy atom. The fourth-order valence-corrected chi connectivity index (χ4v) is 1.90. The van der Waals surface area contributed by atoms with Gasteiger partial charge in [-0.05, 0) is 36.8 Å². The van der Waals surface area contributed by atoms with E-state index < -0.39 is 0 Å². The molecule has 0 amide bonds. The maximum absolute atomic E-state index is 5.58. The normalized spacial score (nSPS) is 10.7. The Balaban J connectivity index is 1.78. The van der Waals surface area contributed by atoms with Crippen molar-refractivity contribution < 1.29 is 13.9 Å². The summed E-state index contributed by atoms with van der Waals surface area (Å²) in [5.41, 5.74) is 1.18. The van der Waals surface area contributed by atoms with Crippen molar-refractivity contribution in [2.45, 2.75) is 20.0 Å². The molecular weight excluding hydrogens is 254 g/mol. The molecule has 1 aromatic carbocycles. The molecule has 0 fully saturated rings. The van der Waals surface area contributed by atoms with Gasteiger partial charge in [-0.15, -0.1) is 0 Å². The Hall–Kier alpha value is -1.78. The van der Waals surface area contributed by atoms with Crippen LogP contribution >= 0.6 is 0 Å². The molecule has 1 N–H and O–H groups in total. The van der Waals surface area contributed by atoms with Gasteiger partial charge in [-0.25, -0.2) is 0 Å². The summed E-state index contributed by atoms with van der Waals surface area (Å²) in [5, 5.41) is 3.35. The molecule has 2 aromatic rings. The molecule has 0 unspecified atom stereocenters. The van der Waals surface area contributed by atoms with Gasteiger partial charge in [-0.1, -0.05) is 12.1 Å². The van der Waals surface area contributed by atoms with Gasteiger partial charge in [0.05, 0.1) is 13.2 Å². The van der Waals surface area contributed by atoms with Crippen LogP contribution < -0.4 is 10.1 Å². The summed E-state index contributed by atoms with van der Waals surface area (Å²) in [6.07, 6.45) is 0. The van der Waals surface area contributed by atoms with Gasteiger partial charge in [0.1, 0.15) is 23.9 Å². The van der Waals surface area contributed by atoms with Crippen LogP contribution in [0.3, 0.4) is 0 Å². The van der Waals surface area contributed by atoms with Gasteiger partial charge in [0.15, 0.2) is 0 Å². The molecule has 4 heteroatoms. The zero-order valence-electron chi connectivity index (χ0n) is 12.0. The number of rotatable bonds is 8. The van der Waals surface area contributed by atoms with Crippen molar-refractivity contribution in [2.75, 3.05) is 20.3 Å². The number of aryl methyl sites for hydroxylation is 1. The minimum atomic E-state index is 0.569. The van der Waals surface area contributed by atoms with Crippen LogP contribution in [-0.2, 0) is 17.8 Å². The van der Waals surface area contributed by atoms with E-state index in [0.29, 0.717) is 13.2 Å². The van der Waals surface area contributed by atoms with Crippen molar-refractivity contribution in [2.24, 2.45) is 0 Å². The molecule has 2 rings (SSSR count). The highest BCUT2D eigenvalue weighted by molar-refractivity contribution is 5.28. The minimum Gasteiger partial charge on any atom is -0.491 e. The van der Waals surface area contributed by atoms with Crippen molar-refractivity contribution in [1.82, 2.24) is 5.32 Å². The molecule has 1 aromatic heterocycles. The Kier molecular flexibility index (Phi) is 5.65. The van der Waals surface area contributed by atoms with Crippen LogP contribution in [0.25, 0.3) is 0 Å². The lowest BCUT2D eigenvalue weighted by atomic mass is 10.2. The molecule has 0 atom stereocenters. The number of furan rings is 1. The van der Waals surface area contributed by atoms with Crippen LogP contribution in [0, 0.1) is 6.92 Å². The van der Waals surface area contributed by atoms with Crippen molar-refractivity contribution in [3.05, 3.63) is 53.5 Å². The van der Waals surface area contributed by atoms with Crippen molar-refractivity contribution in [1.29, 1.82) is 0 Å². The first-order valence-electron chi connectivity index (χ1n) is 6.74. The van der Waals surface area contributed by atoms with Crippen LogP contribution in [0.15, 0.2) is 40.8 Å². The van der Waals surface area contributed by atoms with E-state index in [0.717, 1.165) is 30.4 Å². The van der Waals surface area contributed by atoms with E-state index in [4.69, 9.17) is 13.9 Å². The minimum absolute atomic E-state index is 0.569. The highest BCUT2D eigenvalue weighted by atomic mass is 16.5. The average Bonchev–Trinajstić information content (AvgIpc) is 2.85. The predicted octanol–water partition coefficient (Wildman–Crippen LogP) is 2.90.